The van der Waals surface area contributed by atoms with Gasteiger partial charge in [0.2, 0.25) is 0 Å². The Morgan fingerprint density at radius 1 is 1.42 bits per heavy atom. The highest BCUT2D eigenvalue weighted by Gasteiger charge is 2.36. The molecule has 0 N–H and O–H groups in total. The summed E-state index contributed by atoms with van der Waals surface area (Å²) in [5.74, 6) is -1.37. The van der Waals surface area contributed by atoms with Crippen molar-refractivity contribution in [3.8, 4) is 0 Å². The van der Waals surface area contributed by atoms with Crippen LogP contribution in [0.2, 0.25) is 0 Å². The van der Waals surface area contributed by atoms with E-state index in [9.17, 15) is 9.18 Å². The first-order chi connectivity index (χ1) is 5.50. The lowest BCUT2D eigenvalue weighted by Gasteiger charge is -2.08. The van der Waals surface area contributed by atoms with E-state index in [2.05, 4.69) is 4.84 Å². The molecule has 0 saturated carbocycles. The molecular weight excluding hydrogens is 208 g/mol. The van der Waals surface area contributed by atoms with Gasteiger partial charge in [0, 0.05) is 12.4 Å². The predicted molar refractivity (Wildman–Crippen MR) is 41.6 cm³/mol. The number of nitrogens with zero attached hydrogens (tertiary/aromatic N) is 1. The van der Waals surface area contributed by atoms with Crippen LogP contribution in [-0.4, -0.2) is 15.3 Å². The smallest absolute Gasteiger partial charge is 0.331 e. The third kappa shape index (κ3) is 2.39. The first kappa shape index (κ1) is 9.35. The Hall–Kier alpha value is -0.740. The average molecular weight is 212 g/mol. The van der Waals surface area contributed by atoms with Crippen molar-refractivity contribution in [2.75, 3.05) is 0 Å². The van der Waals surface area contributed by atoms with Gasteiger partial charge in [-0.15, -0.1) is 0 Å². The normalized spacial score (nSPS) is 11.2. The van der Waals surface area contributed by atoms with Crippen LogP contribution in [0.25, 0.3) is 0 Å². The molecule has 0 aliphatic rings. The lowest BCUT2D eigenvalue weighted by atomic mass is 10.7. The maximum absolute atomic E-state index is 12.4. The third-order valence-corrected chi connectivity index (χ3v) is 1.31. The van der Waals surface area contributed by atoms with Crippen LogP contribution in [0.4, 0.5) is 4.39 Å². The maximum atomic E-state index is 12.4. The zero-order valence-corrected chi connectivity index (χ0v) is 7.22. The Balaban J connectivity index is 2.60. The fourth-order valence-electron chi connectivity index (χ4n) is 0.527. The van der Waals surface area contributed by atoms with E-state index in [1.54, 1.807) is 12.1 Å². The van der Waals surface area contributed by atoms with Gasteiger partial charge in [-0.3, -0.25) is 0 Å². The van der Waals surface area contributed by atoms with Gasteiger partial charge in [-0.25, -0.2) is 4.79 Å². The topological polar surface area (TPSA) is 31.2 Å². The van der Waals surface area contributed by atoms with Crippen LogP contribution < -0.4 is 4.84 Å². The molecule has 1 aromatic rings. The van der Waals surface area contributed by atoms with Crippen molar-refractivity contribution in [3.63, 3.8) is 0 Å². The standard InChI is InChI=1S/C6H4Cl2FNO2/c7-6(8,9)5(11)12-10-3-1-2-4-10/h1-4H. The summed E-state index contributed by atoms with van der Waals surface area (Å²) in [6.07, 6.45) is 2.80. The van der Waals surface area contributed by atoms with Gasteiger partial charge in [0.05, 0.1) is 0 Å². The van der Waals surface area contributed by atoms with Crippen molar-refractivity contribution in [2.24, 2.45) is 0 Å². The molecule has 12 heavy (non-hydrogen) atoms. The van der Waals surface area contributed by atoms with Gasteiger partial charge in [0.25, 0.3) is 0 Å². The summed E-state index contributed by atoms with van der Waals surface area (Å²) in [7, 11) is 0. The van der Waals surface area contributed by atoms with Gasteiger partial charge in [0.15, 0.2) is 0 Å². The zero-order chi connectivity index (χ0) is 9.19. The van der Waals surface area contributed by atoms with Crippen molar-refractivity contribution in [3.05, 3.63) is 24.5 Å². The minimum absolute atomic E-state index is 0.988. The molecule has 1 aromatic heterocycles. The summed E-state index contributed by atoms with van der Waals surface area (Å²) >= 11 is 9.62. The lowest BCUT2D eigenvalue weighted by molar-refractivity contribution is -0.148. The molecule has 0 aliphatic carbocycles. The second-order valence-corrected chi connectivity index (χ2v) is 3.15. The highest BCUT2D eigenvalue weighted by molar-refractivity contribution is 6.56. The number of halogens is 3. The Morgan fingerprint density at radius 3 is 2.33 bits per heavy atom. The summed E-state index contributed by atoms with van der Waals surface area (Å²) in [6, 6.07) is 3.19. The Bertz CT molecular complexity index is 268. The zero-order valence-electron chi connectivity index (χ0n) is 5.71. The molecule has 0 aromatic carbocycles. The molecule has 3 nitrogen and oxygen atoms in total. The van der Waals surface area contributed by atoms with E-state index in [0.717, 1.165) is 4.73 Å². The van der Waals surface area contributed by atoms with Crippen LogP contribution in [0.15, 0.2) is 24.5 Å². The van der Waals surface area contributed by atoms with E-state index in [1.807, 2.05) is 0 Å². The maximum Gasteiger partial charge on any atom is 0.401 e. The molecule has 0 bridgehead atoms. The molecular formula is C6H4Cl2FNO2. The number of aromatic nitrogens is 1. The average Bonchev–Trinajstić information content (AvgIpc) is 2.37. The molecule has 0 fully saturated rings. The summed E-state index contributed by atoms with van der Waals surface area (Å²) in [4.78, 5) is 15.0. The quantitative estimate of drug-likeness (QED) is 0.696. The van der Waals surface area contributed by atoms with Gasteiger partial charge >= 0.3 is 10.6 Å². The Morgan fingerprint density at radius 2 is 1.92 bits per heavy atom. The second kappa shape index (κ2) is 3.33. The number of hydrogen-bond acceptors (Lipinski definition) is 2. The van der Waals surface area contributed by atoms with Crippen molar-refractivity contribution >= 4 is 29.2 Å². The molecule has 0 spiro atoms. The molecule has 66 valence electrons. The predicted octanol–water partition coefficient (Wildman–Crippen LogP) is 1.54. The van der Waals surface area contributed by atoms with E-state index < -0.39 is 10.6 Å². The second-order valence-electron chi connectivity index (χ2n) is 1.92. The molecule has 0 amide bonds. The number of alkyl halides is 3. The van der Waals surface area contributed by atoms with Crippen molar-refractivity contribution in [1.82, 2.24) is 4.73 Å². The summed E-state index contributed by atoms with van der Waals surface area (Å²) in [5.41, 5.74) is 0. The SMILES string of the molecule is O=C(On1cccc1)C(F)(Cl)Cl. The molecule has 0 unspecified atom stereocenters. The number of rotatable bonds is 2. The number of carbonyl (C=O) groups excluding carboxylic acids is 1. The van der Waals surface area contributed by atoms with Gasteiger partial charge in [0.1, 0.15) is 0 Å². The van der Waals surface area contributed by atoms with E-state index in [0.29, 0.717) is 0 Å². The van der Waals surface area contributed by atoms with Crippen LogP contribution in [0, 0.1) is 0 Å². The monoisotopic (exact) mass is 211 g/mol. The third-order valence-electron chi connectivity index (χ3n) is 0.997. The van der Waals surface area contributed by atoms with Crippen molar-refractivity contribution < 1.29 is 14.0 Å². The summed E-state index contributed by atoms with van der Waals surface area (Å²) in [5, 5.41) is 0. The fraction of sp³-hybridized carbons (Fsp3) is 0.167. The van der Waals surface area contributed by atoms with Gasteiger partial charge in [-0.05, 0) is 12.1 Å². The van der Waals surface area contributed by atoms with Crippen LogP contribution in [0.3, 0.4) is 0 Å². The van der Waals surface area contributed by atoms with Crippen molar-refractivity contribution in [1.29, 1.82) is 0 Å². The van der Waals surface area contributed by atoms with E-state index >= 15 is 0 Å². The number of carbonyl (C=O) groups is 1. The molecule has 0 aliphatic heterocycles. The van der Waals surface area contributed by atoms with Crippen molar-refractivity contribution in [2.45, 2.75) is 4.59 Å². The van der Waals surface area contributed by atoms with Gasteiger partial charge in [-0.2, -0.15) is 9.12 Å². The van der Waals surface area contributed by atoms with Gasteiger partial charge in [-0.1, -0.05) is 23.2 Å². The lowest BCUT2D eigenvalue weighted by Crippen LogP contribution is -2.30. The number of hydrogen-bond donors (Lipinski definition) is 0. The first-order valence-electron chi connectivity index (χ1n) is 2.92. The summed E-state index contributed by atoms with van der Waals surface area (Å²) in [6.45, 7) is 0. The minimum Gasteiger partial charge on any atom is -0.331 e. The molecule has 0 radical (unpaired) electrons. The first-order valence-corrected chi connectivity index (χ1v) is 3.68. The Labute approximate surface area is 77.6 Å². The fourth-order valence-corrected chi connectivity index (χ4v) is 0.596. The van der Waals surface area contributed by atoms with E-state index in [-0.39, 0.29) is 0 Å². The molecule has 0 atom stereocenters. The molecule has 1 rings (SSSR count). The van der Waals surface area contributed by atoms with Crippen LogP contribution in [0.1, 0.15) is 0 Å². The largest absolute Gasteiger partial charge is 0.401 e. The van der Waals surface area contributed by atoms with Crippen LogP contribution in [0.5, 0.6) is 0 Å². The van der Waals surface area contributed by atoms with Gasteiger partial charge < -0.3 is 4.84 Å². The highest BCUT2D eigenvalue weighted by Crippen LogP contribution is 2.22. The summed E-state index contributed by atoms with van der Waals surface area (Å²) < 4.78 is 10.4. The minimum atomic E-state index is -3.01. The van der Waals surface area contributed by atoms with Crippen LogP contribution in [-0.2, 0) is 4.79 Å². The van der Waals surface area contributed by atoms with E-state index in [1.165, 1.54) is 12.4 Å². The van der Waals surface area contributed by atoms with Crippen LogP contribution >= 0.6 is 23.2 Å². The molecule has 0 saturated heterocycles. The molecule has 1 heterocycles. The Kier molecular flexibility index (Phi) is 2.59. The van der Waals surface area contributed by atoms with E-state index in [4.69, 9.17) is 23.2 Å². The molecule has 6 heteroatoms. The highest BCUT2D eigenvalue weighted by atomic mass is 35.5.